The molecule has 21 heteroatoms. The topological polar surface area (TPSA) is 266 Å². The SMILES string of the molecule is O=B[O-].O=B[O-].[Ba+2].[Ba+2].[Ba+2].[O]=[Sb]([O-])([O-])[O]O.[O]=[Sb]([O-])([O-])[O]O. The van der Waals surface area contributed by atoms with Crippen LogP contribution in [0.25, 0.3) is 0 Å². The molecular weight excluding hydrogens is 901 g/mol. The van der Waals surface area contributed by atoms with Gasteiger partial charge in [0.1, 0.15) is 0 Å². The van der Waals surface area contributed by atoms with Gasteiger partial charge in [-0.3, -0.25) is 0 Å². The molecule has 0 saturated heterocycles. The molecule has 0 radical (unpaired) electrons. The Morgan fingerprint density at radius 1 is 0.714 bits per heavy atom. The quantitative estimate of drug-likeness (QED) is 0.148. The maximum atomic E-state index is 9.09. The van der Waals surface area contributed by atoms with E-state index in [0.717, 1.165) is 0 Å². The zero-order chi connectivity index (χ0) is 15.8. The van der Waals surface area contributed by atoms with Gasteiger partial charge in [-0.1, -0.05) is 0 Å². The molecule has 0 aliphatic rings. The van der Waals surface area contributed by atoms with Crippen LogP contribution in [0, 0.1) is 0 Å². The summed E-state index contributed by atoms with van der Waals surface area (Å²) in [5.41, 5.74) is 0. The standard InChI is InChI=1S/2BO2.3Ba.2H2O2.6O.2Sb/c2*2-1-3;;;;2*1-2;;;;;;;;/h;;;;;2*1-2H;;;;;;;;/q2*-1;3*+2;;;;;4*-1;2*+1/p-2. The molecule has 0 fully saturated rings. The van der Waals surface area contributed by atoms with Gasteiger partial charge in [0, 0.05) is 0 Å². The van der Waals surface area contributed by atoms with Crippen molar-refractivity contribution in [3.05, 3.63) is 0 Å². The van der Waals surface area contributed by atoms with E-state index in [4.69, 9.17) is 49.5 Å². The number of rotatable bonds is 2. The van der Waals surface area contributed by atoms with Crippen LogP contribution in [0.2, 0.25) is 0 Å². The normalized spacial score (nSPS) is 7.52. The van der Waals surface area contributed by atoms with Gasteiger partial charge in [-0.15, -0.1) is 0 Å². The molecule has 0 aromatic carbocycles. The van der Waals surface area contributed by atoms with E-state index in [0.29, 0.717) is 0 Å². The average Bonchev–Trinajstić information content (AvgIpc) is 2.19. The molecule has 14 nitrogen and oxygen atoms in total. The number of hydrogen-bond acceptors (Lipinski definition) is 14. The molecule has 0 spiro atoms. The van der Waals surface area contributed by atoms with E-state index in [9.17, 15) is 0 Å². The summed E-state index contributed by atoms with van der Waals surface area (Å²) in [6.07, 6.45) is 0. The first-order valence-corrected chi connectivity index (χ1v) is 11.1. The molecule has 0 unspecified atom stereocenters. The van der Waals surface area contributed by atoms with E-state index in [1.54, 1.807) is 0 Å². The van der Waals surface area contributed by atoms with E-state index < -0.39 is 54.8 Å². The molecular formula is H2B2Ba3O14Sb2. The third-order valence-electron chi connectivity index (χ3n) is 0.200. The summed E-state index contributed by atoms with van der Waals surface area (Å²) >= 11 is -11.7. The van der Waals surface area contributed by atoms with E-state index in [2.05, 4.69) is 6.33 Å². The summed E-state index contributed by atoms with van der Waals surface area (Å²) in [6.45, 7) is 0. The Labute approximate surface area is 250 Å². The first-order valence-electron chi connectivity index (χ1n) is 2.77. The predicted octanol–water partition coefficient (Wildman–Crippen LogP) is -10.4. The van der Waals surface area contributed by atoms with Crippen molar-refractivity contribution in [2.24, 2.45) is 0 Å². The molecule has 21 heavy (non-hydrogen) atoms. The van der Waals surface area contributed by atoms with Crippen molar-refractivity contribution in [3.63, 3.8) is 0 Å². The molecule has 0 aromatic heterocycles. The molecule has 108 valence electrons. The summed E-state index contributed by atoms with van der Waals surface area (Å²) in [4.78, 5) is 0. The Kier molecular flexibility index (Phi) is 69.9. The predicted molar refractivity (Wildman–Crippen MR) is 50.5 cm³/mol. The molecule has 0 aromatic rings. The van der Waals surface area contributed by atoms with Crippen LogP contribution in [-0.2, 0) is 21.8 Å². The van der Waals surface area contributed by atoms with Crippen molar-refractivity contribution in [1.82, 2.24) is 0 Å². The molecule has 0 atom stereocenters. The van der Waals surface area contributed by atoms with E-state index in [-0.39, 0.29) is 147 Å². The van der Waals surface area contributed by atoms with Crippen LogP contribution in [0.5, 0.6) is 0 Å². The summed E-state index contributed by atoms with van der Waals surface area (Å²) in [5, 5.41) is 30.6. The second-order valence-electron chi connectivity index (χ2n) is 1.25. The van der Waals surface area contributed by atoms with Gasteiger partial charge in [0.2, 0.25) is 0 Å². The van der Waals surface area contributed by atoms with Gasteiger partial charge >= 0.3 is 257 Å². The summed E-state index contributed by atoms with van der Waals surface area (Å²) < 4.78 is 76.0. The fourth-order valence-electron chi connectivity index (χ4n) is 0. The van der Waals surface area contributed by atoms with Gasteiger partial charge < -0.3 is 0 Å². The fraction of sp³-hybridized carbons (Fsp3) is 0. The van der Waals surface area contributed by atoms with E-state index in [1.807, 2.05) is 0 Å². The summed E-state index contributed by atoms with van der Waals surface area (Å²) in [6, 6.07) is 0. The zero-order valence-corrected chi connectivity index (χ0v) is 28.4. The Hall–Kier alpha value is 4.96. The van der Waals surface area contributed by atoms with Gasteiger partial charge in [-0.25, -0.2) is 0 Å². The van der Waals surface area contributed by atoms with Gasteiger partial charge in [0.25, 0.3) is 0 Å². The van der Waals surface area contributed by atoms with Crippen molar-refractivity contribution in [2.45, 2.75) is 0 Å². The molecule has 2 N–H and O–H groups in total. The maximum absolute atomic E-state index is 9.09. The van der Waals surface area contributed by atoms with Crippen LogP contribution in [-0.4, -0.2) is 212 Å². The van der Waals surface area contributed by atoms with Crippen molar-refractivity contribution >= 4 is 201 Å². The van der Waals surface area contributed by atoms with Gasteiger partial charge in [-0.05, 0) is 0 Å². The molecule has 0 aliphatic heterocycles. The van der Waals surface area contributed by atoms with Crippen LogP contribution in [0.4, 0.5) is 0 Å². The van der Waals surface area contributed by atoms with Gasteiger partial charge in [-0.2, -0.15) is 0 Å². The van der Waals surface area contributed by atoms with Crippen LogP contribution in [0.1, 0.15) is 0 Å². The molecule has 0 rings (SSSR count). The van der Waals surface area contributed by atoms with Gasteiger partial charge in [0.05, 0.1) is 0 Å². The molecule has 0 aliphatic carbocycles. The molecule has 0 saturated carbocycles. The van der Waals surface area contributed by atoms with Crippen LogP contribution in [0.3, 0.4) is 0 Å². The second kappa shape index (κ2) is 32.6. The second-order valence-corrected chi connectivity index (χ2v) is 7.29. The van der Waals surface area contributed by atoms with Crippen LogP contribution >= 0.6 is 0 Å². The minimum atomic E-state index is -5.84. The summed E-state index contributed by atoms with van der Waals surface area (Å²) in [5.74, 6) is 0. The van der Waals surface area contributed by atoms with Gasteiger partial charge in [0.15, 0.2) is 0 Å². The first kappa shape index (κ1) is 45.0. The molecule has 0 heterocycles. The molecule has 0 bridgehead atoms. The fourth-order valence-corrected chi connectivity index (χ4v) is 0. The summed E-state index contributed by atoms with van der Waals surface area (Å²) in [7, 11) is -1.00. The van der Waals surface area contributed by atoms with Crippen molar-refractivity contribution in [1.29, 1.82) is 0 Å². The Balaban J connectivity index is -0.0000000249. The Morgan fingerprint density at radius 3 is 0.762 bits per heavy atom. The van der Waals surface area contributed by atoms with Crippen molar-refractivity contribution in [3.8, 4) is 0 Å². The molecule has 0 amide bonds. The Bertz CT molecular complexity index is 243. The third kappa shape index (κ3) is 110. The van der Waals surface area contributed by atoms with Crippen molar-refractivity contribution in [2.75, 3.05) is 0 Å². The average molecular weight is 903 g/mol. The van der Waals surface area contributed by atoms with Crippen LogP contribution < -0.4 is 23.6 Å². The van der Waals surface area contributed by atoms with E-state index in [1.165, 1.54) is 0 Å². The zero-order valence-electron chi connectivity index (χ0n) is 9.96. The minimum absolute atomic E-state index is 0. The number of hydrogen-bond donors (Lipinski definition) is 2. The first-order chi connectivity index (χ1) is 7.95. The van der Waals surface area contributed by atoms with Crippen molar-refractivity contribution < 1.29 is 55.9 Å². The van der Waals surface area contributed by atoms with E-state index >= 15 is 0 Å². The monoisotopic (exact) mass is 903 g/mol. The third-order valence-corrected chi connectivity index (χ3v) is 1.34. The Morgan fingerprint density at radius 2 is 0.762 bits per heavy atom. The van der Waals surface area contributed by atoms with Crippen LogP contribution in [0.15, 0.2) is 0 Å².